The molecule has 0 N–H and O–H groups in total. The first kappa shape index (κ1) is 19.9. The normalized spacial score (nSPS) is 39.4. The fraction of sp³-hybridized carbons (Fsp3) is 0.577. The molecule has 0 radical (unpaired) electrons. The molecule has 4 aliphatic carbocycles. The molecule has 2 fully saturated rings. The highest BCUT2D eigenvalue weighted by molar-refractivity contribution is 7.77. The Labute approximate surface area is 185 Å². The van der Waals surface area contributed by atoms with Gasteiger partial charge in [-0.25, -0.2) is 0 Å². The summed E-state index contributed by atoms with van der Waals surface area (Å²) in [5.41, 5.74) is 3.02. The Kier molecular flexibility index (Phi) is 4.86. The number of aromatic nitrogens is 1. The fourth-order valence-corrected chi connectivity index (χ4v) is 7.74. The van der Waals surface area contributed by atoms with E-state index in [0.29, 0.717) is 23.6 Å². The molecule has 2 saturated carbocycles. The van der Waals surface area contributed by atoms with Crippen molar-refractivity contribution in [2.45, 2.75) is 58.8 Å². The first-order valence-corrected chi connectivity index (χ1v) is 11.8. The quantitative estimate of drug-likeness (QED) is 0.507. The number of nitrogens with zero attached hydrogens (tertiary/aromatic N) is 2. The largest absolute Gasteiger partial charge is 0.742 e. The van der Waals surface area contributed by atoms with Gasteiger partial charge < -0.3 is 17.4 Å². The van der Waals surface area contributed by atoms with Crippen LogP contribution in [0, 0.1) is 40.6 Å². The summed E-state index contributed by atoms with van der Waals surface area (Å²) in [7, 11) is 0. The van der Waals surface area contributed by atoms with Crippen LogP contribution >= 0.6 is 0 Å². The van der Waals surface area contributed by atoms with E-state index in [1.54, 1.807) is 6.20 Å². The minimum atomic E-state index is 0.00433. The van der Waals surface area contributed by atoms with Gasteiger partial charge in [0.05, 0.1) is 11.6 Å². The van der Waals surface area contributed by atoms with Crippen molar-refractivity contribution < 1.29 is 4.79 Å². The highest BCUT2D eigenvalue weighted by atomic mass is 32.1. The molecule has 1 aromatic heterocycles. The highest BCUT2D eigenvalue weighted by Crippen LogP contribution is 2.66. The lowest BCUT2D eigenvalue weighted by atomic mass is 9.48. The highest BCUT2D eigenvalue weighted by Gasteiger charge is 2.58. The van der Waals surface area contributed by atoms with E-state index >= 15 is 0 Å². The monoisotopic (exact) mass is 418 g/mol. The number of carbonyl (C=O) groups is 1. The van der Waals surface area contributed by atoms with Gasteiger partial charge in [0.2, 0.25) is 0 Å². The van der Waals surface area contributed by atoms with E-state index in [2.05, 4.69) is 41.9 Å². The van der Waals surface area contributed by atoms with E-state index in [-0.39, 0.29) is 21.9 Å². The van der Waals surface area contributed by atoms with E-state index in [4.69, 9.17) is 12.6 Å². The second-order valence-electron chi connectivity index (χ2n) is 10.3. The average Bonchev–Trinajstić information content (AvgIpc) is 3.10. The van der Waals surface area contributed by atoms with Crippen LogP contribution in [-0.4, -0.2) is 10.1 Å². The van der Waals surface area contributed by atoms with Gasteiger partial charge in [-0.1, -0.05) is 19.9 Å². The second-order valence-corrected chi connectivity index (χ2v) is 10.7. The molecule has 5 rings (SSSR count). The third-order valence-electron chi connectivity index (χ3n) is 9.02. The van der Waals surface area contributed by atoms with E-state index in [1.165, 1.54) is 24.0 Å². The lowest BCUT2D eigenvalue weighted by Crippen LogP contribution is -2.49. The van der Waals surface area contributed by atoms with Gasteiger partial charge in [0.15, 0.2) is 6.07 Å². The molecule has 1 heterocycles. The van der Waals surface area contributed by atoms with E-state index in [9.17, 15) is 4.79 Å². The maximum Gasteiger partial charge on any atom is 0.425 e. The zero-order valence-corrected chi connectivity index (χ0v) is 18.8. The molecule has 1 aromatic rings. The van der Waals surface area contributed by atoms with Crippen LogP contribution in [-0.2, 0) is 17.4 Å². The summed E-state index contributed by atoms with van der Waals surface area (Å²) in [6.45, 7) is 4.84. The van der Waals surface area contributed by atoms with E-state index in [1.807, 2.05) is 18.2 Å². The van der Waals surface area contributed by atoms with Crippen LogP contribution in [0.15, 0.2) is 47.7 Å². The van der Waals surface area contributed by atoms with Crippen LogP contribution in [0.3, 0.4) is 0 Å². The minimum Gasteiger partial charge on any atom is -0.742 e. The van der Waals surface area contributed by atoms with Gasteiger partial charge in [-0.3, -0.25) is 0 Å². The van der Waals surface area contributed by atoms with Gasteiger partial charge in [0.1, 0.15) is 6.20 Å². The van der Waals surface area contributed by atoms with Crippen LogP contribution in [0.1, 0.15) is 58.8 Å². The Morgan fingerprint density at radius 3 is 2.83 bits per heavy atom. The van der Waals surface area contributed by atoms with Crippen molar-refractivity contribution in [3.63, 3.8) is 0 Å². The molecule has 0 unspecified atom stereocenters. The van der Waals surface area contributed by atoms with Crippen LogP contribution in [0.2, 0.25) is 0 Å². The topological polar surface area (TPSA) is 34.3 Å². The molecule has 6 atom stereocenters. The number of rotatable bonds is 1. The van der Waals surface area contributed by atoms with E-state index in [0.717, 1.165) is 32.1 Å². The van der Waals surface area contributed by atoms with Gasteiger partial charge in [-0.15, -0.1) is 4.85 Å². The predicted octanol–water partition coefficient (Wildman–Crippen LogP) is 6.23. The van der Waals surface area contributed by atoms with Crippen molar-refractivity contribution in [2.75, 3.05) is 0 Å². The molecule has 30 heavy (non-hydrogen) atoms. The van der Waals surface area contributed by atoms with Crippen molar-refractivity contribution in [3.05, 3.63) is 52.5 Å². The summed E-state index contributed by atoms with van der Waals surface area (Å²) in [5.74, 6) is 2.86. The molecule has 0 saturated heterocycles. The van der Waals surface area contributed by atoms with Crippen LogP contribution < -0.4 is 0 Å². The molecular weight excluding hydrogens is 388 g/mol. The fourth-order valence-electron chi connectivity index (χ4n) is 7.35. The lowest BCUT2D eigenvalue weighted by molar-refractivity contribution is -0.120. The maximum atomic E-state index is 12.1. The number of allylic oxidation sites excluding steroid dienone is 4. The van der Waals surface area contributed by atoms with E-state index < -0.39 is 0 Å². The Bertz CT molecular complexity index is 987. The Morgan fingerprint density at radius 1 is 1.20 bits per heavy atom. The summed E-state index contributed by atoms with van der Waals surface area (Å²) in [5, 5.41) is 0.00433. The standard InChI is InChI=1S/C26H30N2OS/c1-25-12-10-17(16-28-23-5-3-4-14-27-23)15-18(25)6-7-19-20-8-9-22(24(29)30)26(20,2)13-11-21(19)25/h3-6,14-15,19-22H,7-13H2,1-2H3/t19-,20-,21-,22+,25-,26-/m0/s1. The third kappa shape index (κ3) is 3.05. The van der Waals surface area contributed by atoms with Gasteiger partial charge in [0, 0.05) is 11.0 Å². The zero-order chi connectivity index (χ0) is 20.9. The van der Waals surface area contributed by atoms with Gasteiger partial charge >= 0.3 is 5.82 Å². The first-order chi connectivity index (χ1) is 14.4. The Hall–Kier alpha value is -1.99. The lowest BCUT2D eigenvalue weighted by Gasteiger charge is -2.57. The molecule has 0 aliphatic heterocycles. The van der Waals surface area contributed by atoms with Gasteiger partial charge in [-0.05, 0) is 102 Å². The second kappa shape index (κ2) is 7.31. The number of fused-ring (bicyclic) bond motifs is 5. The molecule has 3 nitrogen and oxygen atoms in total. The molecular formula is C26H30N2OS. The number of carbonyl (C=O) groups excluding carboxylic acids is 1. The molecule has 0 aromatic carbocycles. The van der Waals surface area contributed by atoms with Gasteiger partial charge in [0.25, 0.3) is 0 Å². The van der Waals surface area contributed by atoms with Crippen molar-refractivity contribution in [2.24, 2.45) is 34.5 Å². The molecule has 4 heteroatoms. The molecule has 4 aliphatic rings. The zero-order valence-electron chi connectivity index (χ0n) is 17.9. The minimum absolute atomic E-state index is 0.00433. The average molecular weight is 419 g/mol. The van der Waals surface area contributed by atoms with Gasteiger partial charge in [-0.2, -0.15) is 0 Å². The molecule has 0 spiro atoms. The maximum absolute atomic E-state index is 12.1. The predicted molar refractivity (Wildman–Crippen MR) is 122 cm³/mol. The third-order valence-corrected chi connectivity index (χ3v) is 9.30. The van der Waals surface area contributed by atoms with Crippen LogP contribution in [0.25, 0.3) is 4.85 Å². The van der Waals surface area contributed by atoms with Crippen LogP contribution in [0.4, 0.5) is 5.82 Å². The SMILES string of the molecule is C[C@]12CC[C@H]3[C@@H](CC=C4C=C(C#[N+]c5ccccn5)CC[C@@]43C)[C@@H]1CC[C@@H]2C(=O)[S-]. The van der Waals surface area contributed by atoms with Crippen molar-refractivity contribution in [1.82, 2.24) is 4.98 Å². The van der Waals surface area contributed by atoms with Crippen molar-refractivity contribution in [3.8, 4) is 6.07 Å². The smallest absolute Gasteiger partial charge is 0.425 e. The summed E-state index contributed by atoms with van der Waals surface area (Å²) in [4.78, 5) is 20.8. The van der Waals surface area contributed by atoms with Crippen molar-refractivity contribution >= 4 is 23.6 Å². The summed E-state index contributed by atoms with van der Waals surface area (Å²) in [6.07, 6.45) is 14.4. The molecule has 0 amide bonds. The Balaban J connectivity index is 1.42. The van der Waals surface area contributed by atoms with Crippen molar-refractivity contribution in [1.29, 1.82) is 0 Å². The number of hydrogen-bond donors (Lipinski definition) is 0. The summed E-state index contributed by atoms with van der Waals surface area (Å²) in [6, 6.07) is 9.02. The number of hydrogen-bond acceptors (Lipinski definition) is 3. The van der Waals surface area contributed by atoms with Crippen LogP contribution in [0.5, 0.6) is 0 Å². The number of pyridine rings is 1. The summed E-state index contributed by atoms with van der Waals surface area (Å²) < 4.78 is 0. The first-order valence-electron chi connectivity index (χ1n) is 11.4. The summed E-state index contributed by atoms with van der Waals surface area (Å²) >= 11 is 5.13. The molecule has 156 valence electrons. The molecule has 0 bridgehead atoms. The Morgan fingerprint density at radius 2 is 2.07 bits per heavy atom.